The Kier molecular flexibility index (Phi) is 5.84. The lowest BCUT2D eigenvalue weighted by molar-refractivity contribution is 0.0728. The van der Waals surface area contributed by atoms with Crippen molar-refractivity contribution in [2.45, 2.75) is 38.8 Å². The quantitative estimate of drug-likeness (QED) is 0.352. The van der Waals surface area contributed by atoms with Gasteiger partial charge in [0.25, 0.3) is 5.91 Å². The predicted molar refractivity (Wildman–Crippen MR) is 142 cm³/mol. The molecule has 0 aliphatic heterocycles. The molecule has 0 radical (unpaired) electrons. The van der Waals surface area contributed by atoms with E-state index in [2.05, 4.69) is 26.3 Å². The Hall–Kier alpha value is -4.59. The average molecular weight is 490 g/mol. The van der Waals surface area contributed by atoms with Crippen LogP contribution in [0.15, 0.2) is 79.3 Å². The molecule has 1 saturated carbocycles. The third-order valence-corrected chi connectivity index (χ3v) is 6.80. The fourth-order valence-electron chi connectivity index (χ4n) is 4.56. The van der Waals surface area contributed by atoms with Crippen molar-refractivity contribution in [2.75, 3.05) is 5.73 Å². The van der Waals surface area contributed by atoms with Gasteiger partial charge in [-0.15, -0.1) is 5.10 Å². The molecule has 5 aromatic rings. The van der Waals surface area contributed by atoms with Crippen LogP contribution in [0.4, 0.5) is 5.82 Å². The predicted octanol–water partition coefficient (Wildman–Crippen LogP) is 4.82. The summed E-state index contributed by atoms with van der Waals surface area (Å²) >= 11 is 0. The monoisotopic (exact) mass is 489 g/mol. The van der Waals surface area contributed by atoms with E-state index < -0.39 is 0 Å². The SMILES string of the molecule is Cc1cc2cc(C(=O)N(Cc3cccc(-n4ccnn4)c3)Cc3ccc(C4CC4)cn3)ccc2nc1N. The first-order valence-electron chi connectivity index (χ1n) is 12.4. The number of pyridine rings is 2. The second-order valence-corrected chi connectivity index (χ2v) is 9.63. The standard InChI is InChI=1S/C29H27N7O/c1-19-13-24-15-22(8-10-27(24)33-28(19)30)29(37)35(18-25-9-7-23(16-31-25)21-5-6-21)17-20-3-2-4-26(14-20)36-12-11-32-34-36/h2-4,7-16,21H,5-6,17-18H2,1H3,(H2,30,33). The van der Waals surface area contributed by atoms with E-state index in [4.69, 9.17) is 5.73 Å². The van der Waals surface area contributed by atoms with Crippen LogP contribution < -0.4 is 5.73 Å². The summed E-state index contributed by atoms with van der Waals surface area (Å²) < 4.78 is 1.71. The Bertz CT molecular complexity index is 1570. The molecule has 37 heavy (non-hydrogen) atoms. The van der Waals surface area contributed by atoms with Crippen molar-refractivity contribution < 1.29 is 4.79 Å². The summed E-state index contributed by atoms with van der Waals surface area (Å²) in [6.07, 6.45) is 7.86. The van der Waals surface area contributed by atoms with Gasteiger partial charge in [0.2, 0.25) is 0 Å². The molecule has 1 fully saturated rings. The largest absolute Gasteiger partial charge is 0.383 e. The molecule has 0 bridgehead atoms. The van der Waals surface area contributed by atoms with Gasteiger partial charge in [-0.05, 0) is 84.8 Å². The summed E-state index contributed by atoms with van der Waals surface area (Å²) in [6.45, 7) is 2.74. The Morgan fingerprint density at radius 1 is 1.08 bits per heavy atom. The lowest BCUT2D eigenvalue weighted by Gasteiger charge is -2.23. The molecule has 0 saturated heterocycles. The molecular formula is C29H27N7O. The molecule has 1 aliphatic carbocycles. The summed E-state index contributed by atoms with van der Waals surface area (Å²) in [5.74, 6) is 1.07. The molecule has 8 nitrogen and oxygen atoms in total. The Labute approximate surface area is 214 Å². The van der Waals surface area contributed by atoms with Crippen LogP contribution in [0.25, 0.3) is 16.6 Å². The minimum Gasteiger partial charge on any atom is -0.383 e. The van der Waals surface area contributed by atoms with Gasteiger partial charge < -0.3 is 10.6 Å². The van der Waals surface area contributed by atoms with Gasteiger partial charge in [0.05, 0.1) is 35.8 Å². The van der Waals surface area contributed by atoms with Crippen molar-refractivity contribution >= 4 is 22.6 Å². The number of amides is 1. The number of carbonyl (C=O) groups is 1. The van der Waals surface area contributed by atoms with Crippen LogP contribution in [-0.4, -0.2) is 35.8 Å². The average Bonchev–Trinajstić information content (AvgIpc) is 3.62. The minimum absolute atomic E-state index is 0.0735. The van der Waals surface area contributed by atoms with Crippen LogP contribution in [0.1, 0.15) is 51.5 Å². The van der Waals surface area contributed by atoms with E-state index in [1.54, 1.807) is 17.1 Å². The van der Waals surface area contributed by atoms with E-state index in [1.807, 2.05) is 72.6 Å². The van der Waals surface area contributed by atoms with Gasteiger partial charge in [-0.3, -0.25) is 9.78 Å². The van der Waals surface area contributed by atoms with E-state index in [0.29, 0.717) is 30.4 Å². The molecule has 0 spiro atoms. The number of nitrogens with zero attached hydrogens (tertiary/aromatic N) is 6. The molecule has 1 amide bonds. The van der Waals surface area contributed by atoms with E-state index in [0.717, 1.165) is 33.4 Å². The number of rotatable bonds is 7. The molecule has 1 aliphatic rings. The maximum atomic E-state index is 13.9. The Morgan fingerprint density at radius 2 is 1.97 bits per heavy atom. The zero-order valence-electron chi connectivity index (χ0n) is 20.6. The highest BCUT2D eigenvalue weighted by molar-refractivity contribution is 5.98. The van der Waals surface area contributed by atoms with Gasteiger partial charge in [0.15, 0.2) is 0 Å². The second-order valence-electron chi connectivity index (χ2n) is 9.63. The topological polar surface area (TPSA) is 103 Å². The van der Waals surface area contributed by atoms with Gasteiger partial charge in [-0.2, -0.15) is 0 Å². The number of carbonyl (C=O) groups excluding carboxylic acids is 1. The number of aryl methyl sites for hydroxylation is 1. The smallest absolute Gasteiger partial charge is 0.254 e. The number of aromatic nitrogens is 5. The number of fused-ring (bicyclic) bond motifs is 1. The first-order valence-corrected chi connectivity index (χ1v) is 12.4. The number of nitrogens with two attached hydrogens (primary N) is 1. The number of benzene rings is 2. The molecule has 8 heteroatoms. The zero-order chi connectivity index (χ0) is 25.4. The maximum absolute atomic E-state index is 13.9. The molecular weight excluding hydrogens is 462 g/mol. The Morgan fingerprint density at radius 3 is 2.73 bits per heavy atom. The third kappa shape index (κ3) is 4.91. The lowest BCUT2D eigenvalue weighted by atomic mass is 10.1. The van der Waals surface area contributed by atoms with Gasteiger partial charge in [-0.1, -0.05) is 23.4 Å². The summed E-state index contributed by atoms with van der Waals surface area (Å²) in [5, 5.41) is 8.88. The van der Waals surface area contributed by atoms with Crippen molar-refractivity contribution in [1.82, 2.24) is 29.9 Å². The second kappa shape index (κ2) is 9.46. The lowest BCUT2D eigenvalue weighted by Crippen LogP contribution is -2.30. The van der Waals surface area contributed by atoms with Crippen LogP contribution in [-0.2, 0) is 13.1 Å². The van der Waals surface area contributed by atoms with Crippen molar-refractivity contribution in [3.05, 3.63) is 107 Å². The van der Waals surface area contributed by atoms with Crippen molar-refractivity contribution in [1.29, 1.82) is 0 Å². The van der Waals surface area contributed by atoms with E-state index in [9.17, 15) is 4.79 Å². The fourth-order valence-corrected chi connectivity index (χ4v) is 4.56. The maximum Gasteiger partial charge on any atom is 0.254 e. The number of nitrogen functional groups attached to an aromatic ring is 1. The van der Waals surface area contributed by atoms with E-state index in [1.165, 1.54) is 18.4 Å². The van der Waals surface area contributed by atoms with Crippen LogP contribution in [0.5, 0.6) is 0 Å². The molecule has 2 aromatic carbocycles. The molecule has 3 aromatic heterocycles. The summed E-state index contributed by atoms with van der Waals surface area (Å²) in [6, 6.07) is 19.7. The number of hydrogen-bond donors (Lipinski definition) is 1. The van der Waals surface area contributed by atoms with Crippen LogP contribution in [0.3, 0.4) is 0 Å². The van der Waals surface area contributed by atoms with Crippen molar-refractivity contribution in [3.63, 3.8) is 0 Å². The molecule has 3 heterocycles. The van der Waals surface area contributed by atoms with Gasteiger partial charge >= 0.3 is 0 Å². The Balaban J connectivity index is 1.32. The highest BCUT2D eigenvalue weighted by Gasteiger charge is 2.24. The minimum atomic E-state index is -0.0735. The van der Waals surface area contributed by atoms with E-state index in [-0.39, 0.29) is 5.91 Å². The van der Waals surface area contributed by atoms with Crippen LogP contribution in [0.2, 0.25) is 0 Å². The van der Waals surface area contributed by atoms with Gasteiger partial charge in [0, 0.05) is 23.7 Å². The van der Waals surface area contributed by atoms with Crippen molar-refractivity contribution in [2.24, 2.45) is 0 Å². The van der Waals surface area contributed by atoms with Gasteiger partial charge in [0.1, 0.15) is 5.82 Å². The zero-order valence-corrected chi connectivity index (χ0v) is 20.6. The molecule has 2 N–H and O–H groups in total. The van der Waals surface area contributed by atoms with Crippen LogP contribution >= 0.6 is 0 Å². The highest BCUT2D eigenvalue weighted by Crippen LogP contribution is 2.39. The number of hydrogen-bond acceptors (Lipinski definition) is 6. The number of anilines is 1. The summed E-state index contributed by atoms with van der Waals surface area (Å²) in [4.78, 5) is 24.8. The highest BCUT2D eigenvalue weighted by atomic mass is 16.2. The first kappa shape index (κ1) is 22.8. The van der Waals surface area contributed by atoms with E-state index >= 15 is 0 Å². The summed E-state index contributed by atoms with van der Waals surface area (Å²) in [5.41, 5.74) is 12.2. The molecule has 0 atom stereocenters. The third-order valence-electron chi connectivity index (χ3n) is 6.80. The molecule has 6 rings (SSSR count). The fraction of sp³-hybridized carbons (Fsp3) is 0.207. The first-order chi connectivity index (χ1) is 18.0. The van der Waals surface area contributed by atoms with Crippen molar-refractivity contribution in [3.8, 4) is 5.69 Å². The molecule has 184 valence electrons. The van der Waals surface area contributed by atoms with Gasteiger partial charge in [-0.25, -0.2) is 9.67 Å². The summed E-state index contributed by atoms with van der Waals surface area (Å²) in [7, 11) is 0. The molecule has 0 unspecified atom stereocenters. The normalized spacial score (nSPS) is 13.1. The van der Waals surface area contributed by atoms with Crippen LogP contribution in [0, 0.1) is 6.92 Å².